The highest BCUT2D eigenvalue weighted by Crippen LogP contribution is 2.34. The molecule has 0 aromatic heterocycles. The summed E-state index contributed by atoms with van der Waals surface area (Å²) in [6, 6.07) is 1.14. The second-order valence-electron chi connectivity index (χ2n) is 2.77. The molecule has 0 bridgehead atoms. The molecule has 0 fully saturated rings. The summed E-state index contributed by atoms with van der Waals surface area (Å²) in [5.41, 5.74) is 11.9. The molecule has 0 spiro atoms. The molecule has 0 aliphatic carbocycles. The van der Waals surface area contributed by atoms with E-state index in [-0.39, 0.29) is 0 Å². The van der Waals surface area contributed by atoms with Gasteiger partial charge in [-0.25, -0.2) is 4.39 Å². The first kappa shape index (κ1) is 10.9. The summed E-state index contributed by atoms with van der Waals surface area (Å²) >= 11 is 6.31. The normalized spacial score (nSPS) is 13.0. The minimum atomic E-state index is -0.422. The van der Waals surface area contributed by atoms with Gasteiger partial charge in [0.1, 0.15) is 5.82 Å². The Morgan fingerprint density at radius 1 is 1.38 bits per heavy atom. The van der Waals surface area contributed by atoms with Crippen molar-refractivity contribution >= 4 is 37.5 Å². The van der Waals surface area contributed by atoms with Crippen molar-refractivity contribution < 1.29 is 4.39 Å². The van der Waals surface area contributed by atoms with E-state index in [1.165, 1.54) is 0 Å². The summed E-state index contributed by atoms with van der Waals surface area (Å²) in [6.07, 6.45) is 0. The zero-order valence-corrected chi connectivity index (χ0v) is 10.1. The lowest BCUT2D eigenvalue weighted by atomic mass is 10.1. The van der Waals surface area contributed by atoms with Crippen LogP contribution in [0.2, 0.25) is 0 Å². The SMILES string of the molecule is C[C@H](N)c1c(N)c(Br)cc(Br)c1F. The van der Waals surface area contributed by atoms with E-state index in [1.807, 2.05) is 0 Å². The zero-order chi connectivity index (χ0) is 10.2. The van der Waals surface area contributed by atoms with Crippen LogP contribution in [0.5, 0.6) is 0 Å². The maximum absolute atomic E-state index is 13.5. The second-order valence-corrected chi connectivity index (χ2v) is 4.48. The molecular formula is C8H9Br2FN2. The van der Waals surface area contributed by atoms with Crippen molar-refractivity contribution in [3.63, 3.8) is 0 Å². The van der Waals surface area contributed by atoms with Crippen LogP contribution >= 0.6 is 31.9 Å². The van der Waals surface area contributed by atoms with E-state index in [4.69, 9.17) is 11.5 Å². The predicted molar refractivity (Wildman–Crippen MR) is 58.8 cm³/mol. The molecule has 4 N–H and O–H groups in total. The Bertz CT molecular complexity index is 313. The number of rotatable bonds is 1. The Morgan fingerprint density at radius 2 is 1.92 bits per heavy atom. The molecule has 0 amide bonds. The average molecular weight is 312 g/mol. The van der Waals surface area contributed by atoms with Crippen molar-refractivity contribution in [1.82, 2.24) is 0 Å². The third-order valence-electron chi connectivity index (χ3n) is 1.70. The van der Waals surface area contributed by atoms with Gasteiger partial charge >= 0.3 is 0 Å². The van der Waals surface area contributed by atoms with Crippen molar-refractivity contribution in [1.29, 1.82) is 0 Å². The fourth-order valence-electron chi connectivity index (χ4n) is 1.07. The van der Waals surface area contributed by atoms with Gasteiger partial charge < -0.3 is 11.5 Å². The molecule has 0 aliphatic heterocycles. The number of nitrogens with two attached hydrogens (primary N) is 2. The molecule has 1 aromatic rings. The number of benzene rings is 1. The molecule has 0 heterocycles. The molecule has 1 aromatic carbocycles. The smallest absolute Gasteiger partial charge is 0.144 e. The summed E-state index contributed by atoms with van der Waals surface area (Å²) < 4.78 is 14.5. The predicted octanol–water partition coefficient (Wildman–Crippen LogP) is 2.95. The lowest BCUT2D eigenvalue weighted by molar-refractivity contribution is 0.588. The first-order chi connectivity index (χ1) is 5.95. The molecule has 2 nitrogen and oxygen atoms in total. The quantitative estimate of drug-likeness (QED) is 0.619. The summed E-state index contributed by atoms with van der Waals surface area (Å²) in [6.45, 7) is 1.69. The highest BCUT2D eigenvalue weighted by molar-refractivity contribution is 9.11. The summed E-state index contributed by atoms with van der Waals surface area (Å²) in [5, 5.41) is 0. The van der Waals surface area contributed by atoms with Gasteiger partial charge in [-0.3, -0.25) is 0 Å². The van der Waals surface area contributed by atoms with E-state index < -0.39 is 11.9 Å². The molecule has 0 saturated heterocycles. The topological polar surface area (TPSA) is 52.0 Å². The average Bonchev–Trinajstić information content (AvgIpc) is 2.01. The minimum absolute atomic E-state index is 0.334. The van der Waals surface area contributed by atoms with Crippen LogP contribution in [0, 0.1) is 5.82 Å². The number of hydrogen-bond donors (Lipinski definition) is 2. The van der Waals surface area contributed by atoms with Gasteiger partial charge in [-0.2, -0.15) is 0 Å². The first-order valence-electron chi connectivity index (χ1n) is 3.63. The number of halogens is 3. The molecular weight excluding hydrogens is 303 g/mol. The minimum Gasteiger partial charge on any atom is -0.397 e. The highest BCUT2D eigenvalue weighted by atomic mass is 79.9. The molecule has 72 valence electrons. The standard InChI is InChI=1S/C8H9Br2FN2/c1-3(12)6-7(11)4(9)2-5(10)8(6)13/h2-3H,12-13H2,1H3/t3-/m0/s1. The zero-order valence-electron chi connectivity index (χ0n) is 6.94. The highest BCUT2D eigenvalue weighted by Gasteiger charge is 2.16. The van der Waals surface area contributed by atoms with E-state index in [1.54, 1.807) is 13.0 Å². The molecule has 1 atom stereocenters. The second kappa shape index (κ2) is 3.94. The van der Waals surface area contributed by atoms with Crippen molar-refractivity contribution in [2.75, 3.05) is 5.73 Å². The molecule has 0 unspecified atom stereocenters. The van der Waals surface area contributed by atoms with Crippen LogP contribution in [0.1, 0.15) is 18.5 Å². The molecule has 0 aliphatic rings. The van der Waals surface area contributed by atoms with Crippen LogP contribution in [0.3, 0.4) is 0 Å². The number of nitrogen functional groups attached to an aromatic ring is 1. The van der Waals surface area contributed by atoms with E-state index in [9.17, 15) is 4.39 Å². The monoisotopic (exact) mass is 310 g/mol. The Kier molecular flexibility index (Phi) is 3.32. The fourth-order valence-corrected chi connectivity index (χ4v) is 2.27. The number of hydrogen-bond acceptors (Lipinski definition) is 2. The van der Waals surface area contributed by atoms with E-state index >= 15 is 0 Å². The van der Waals surface area contributed by atoms with Gasteiger partial charge in [-0.15, -0.1) is 0 Å². The van der Waals surface area contributed by atoms with E-state index in [0.29, 0.717) is 20.2 Å². The van der Waals surface area contributed by atoms with Gasteiger partial charge in [0.15, 0.2) is 0 Å². The fraction of sp³-hybridized carbons (Fsp3) is 0.250. The van der Waals surface area contributed by atoms with E-state index in [2.05, 4.69) is 31.9 Å². The van der Waals surface area contributed by atoms with Crippen molar-refractivity contribution in [2.24, 2.45) is 5.73 Å². The maximum atomic E-state index is 13.5. The first-order valence-corrected chi connectivity index (χ1v) is 5.22. The van der Waals surface area contributed by atoms with Gasteiger partial charge in [-0.05, 0) is 44.8 Å². The van der Waals surface area contributed by atoms with Crippen LogP contribution in [-0.2, 0) is 0 Å². The summed E-state index contributed by atoms with van der Waals surface area (Å²) in [7, 11) is 0. The lowest BCUT2D eigenvalue weighted by Crippen LogP contribution is -2.11. The molecule has 1 rings (SSSR count). The summed E-state index contributed by atoms with van der Waals surface area (Å²) in [4.78, 5) is 0. The van der Waals surface area contributed by atoms with E-state index in [0.717, 1.165) is 0 Å². The van der Waals surface area contributed by atoms with Crippen LogP contribution in [0.25, 0.3) is 0 Å². The Morgan fingerprint density at radius 3 is 2.38 bits per heavy atom. The van der Waals surface area contributed by atoms with Crippen LogP contribution < -0.4 is 11.5 Å². The van der Waals surface area contributed by atoms with Gasteiger partial charge in [0.05, 0.1) is 10.2 Å². The molecule has 13 heavy (non-hydrogen) atoms. The van der Waals surface area contributed by atoms with Gasteiger partial charge in [0.2, 0.25) is 0 Å². The van der Waals surface area contributed by atoms with Gasteiger partial charge in [-0.1, -0.05) is 0 Å². The lowest BCUT2D eigenvalue weighted by Gasteiger charge is -2.13. The van der Waals surface area contributed by atoms with Gasteiger partial charge in [0, 0.05) is 16.1 Å². The molecule has 0 saturated carbocycles. The maximum Gasteiger partial charge on any atom is 0.144 e. The largest absolute Gasteiger partial charge is 0.397 e. The van der Waals surface area contributed by atoms with Gasteiger partial charge in [0.25, 0.3) is 0 Å². The van der Waals surface area contributed by atoms with Crippen molar-refractivity contribution in [2.45, 2.75) is 13.0 Å². The third kappa shape index (κ3) is 2.03. The summed E-state index contributed by atoms with van der Waals surface area (Å²) in [5.74, 6) is -0.393. The Balaban J connectivity index is 3.46. The van der Waals surface area contributed by atoms with Crippen molar-refractivity contribution in [3.8, 4) is 0 Å². The van der Waals surface area contributed by atoms with Crippen LogP contribution in [0.15, 0.2) is 15.0 Å². The van der Waals surface area contributed by atoms with Crippen LogP contribution in [0.4, 0.5) is 10.1 Å². The molecule has 5 heteroatoms. The molecule has 0 radical (unpaired) electrons. The number of anilines is 1. The Hall–Kier alpha value is -0.130. The van der Waals surface area contributed by atoms with Crippen LogP contribution in [-0.4, -0.2) is 0 Å². The Labute approximate surface area is 92.7 Å². The third-order valence-corrected chi connectivity index (χ3v) is 2.94. The van der Waals surface area contributed by atoms with Crippen molar-refractivity contribution in [3.05, 3.63) is 26.4 Å².